The van der Waals surface area contributed by atoms with Gasteiger partial charge in [0.05, 0.1) is 5.25 Å². The van der Waals surface area contributed by atoms with Crippen molar-refractivity contribution < 1.29 is 0 Å². The zero-order valence-corrected chi connectivity index (χ0v) is 18.4. The molecule has 0 rings (SSSR count). The first-order valence-corrected chi connectivity index (χ1v) is 12.1. The van der Waals surface area contributed by atoms with Gasteiger partial charge in [-0.25, -0.2) is 0 Å². The Morgan fingerprint density at radius 3 is 1.73 bits per heavy atom. The summed E-state index contributed by atoms with van der Waals surface area (Å²) in [5.74, 6) is 0.507. The Morgan fingerprint density at radius 2 is 1.27 bits per heavy atom. The predicted molar refractivity (Wildman–Crippen MR) is 111 cm³/mol. The largest absolute Gasteiger partial charge is 0.203 e. The summed E-state index contributed by atoms with van der Waals surface area (Å²) in [7, 11) is 3.63. The Labute approximate surface area is 161 Å². The topological polar surface area (TPSA) is 0 Å². The standard InChI is InChI=1S/C17H33Cl3S2/c1-5-7-9-11-13-15(12-10-8-6-2)16(17(18,19)20)22-21-14(3)4/h14-16H,5-13H2,1-4H3/t15?,16-/m1/s1. The van der Waals surface area contributed by atoms with E-state index in [0.717, 1.165) is 0 Å². The van der Waals surface area contributed by atoms with E-state index in [1.54, 1.807) is 10.8 Å². The Balaban J connectivity index is 4.68. The summed E-state index contributed by atoms with van der Waals surface area (Å²) in [4.78, 5) is 0. The van der Waals surface area contributed by atoms with Gasteiger partial charge in [0.1, 0.15) is 0 Å². The zero-order valence-electron chi connectivity index (χ0n) is 14.5. The highest BCUT2D eigenvalue weighted by molar-refractivity contribution is 8.77. The van der Waals surface area contributed by atoms with Crippen molar-refractivity contribution in [2.24, 2.45) is 5.92 Å². The predicted octanol–water partition coefficient (Wildman–Crippen LogP) is 8.68. The minimum Gasteiger partial charge on any atom is -0.0909 e. The fraction of sp³-hybridized carbons (Fsp3) is 1.00. The summed E-state index contributed by atoms with van der Waals surface area (Å²) in [6, 6.07) is 0. The Hall–Kier alpha value is 1.57. The Morgan fingerprint density at radius 1 is 0.773 bits per heavy atom. The fourth-order valence-electron chi connectivity index (χ4n) is 2.51. The Kier molecular flexibility index (Phi) is 14.8. The molecule has 5 heteroatoms. The molecule has 0 aromatic heterocycles. The van der Waals surface area contributed by atoms with Gasteiger partial charge < -0.3 is 0 Å². The maximum atomic E-state index is 6.33. The summed E-state index contributed by atoms with van der Waals surface area (Å²) in [6.07, 6.45) is 11.3. The van der Waals surface area contributed by atoms with Gasteiger partial charge >= 0.3 is 0 Å². The summed E-state index contributed by atoms with van der Waals surface area (Å²) in [5.41, 5.74) is 0. The van der Waals surface area contributed by atoms with Crippen LogP contribution in [0.2, 0.25) is 0 Å². The van der Waals surface area contributed by atoms with Gasteiger partial charge in [-0.05, 0) is 18.8 Å². The van der Waals surface area contributed by atoms with E-state index in [2.05, 4.69) is 27.7 Å². The van der Waals surface area contributed by atoms with Crippen molar-refractivity contribution in [1.29, 1.82) is 0 Å². The van der Waals surface area contributed by atoms with E-state index in [9.17, 15) is 0 Å². The van der Waals surface area contributed by atoms with Crippen LogP contribution in [0, 0.1) is 5.92 Å². The Bertz CT molecular complexity index is 255. The molecule has 0 saturated heterocycles. The van der Waals surface area contributed by atoms with Gasteiger partial charge in [-0.15, -0.1) is 0 Å². The lowest BCUT2D eigenvalue weighted by molar-refractivity contribution is 0.397. The van der Waals surface area contributed by atoms with E-state index in [0.29, 0.717) is 11.2 Å². The number of hydrogen-bond donors (Lipinski definition) is 0. The molecular weight excluding hydrogens is 375 g/mol. The summed E-state index contributed by atoms with van der Waals surface area (Å²) in [5, 5.41) is 0.639. The van der Waals surface area contributed by atoms with E-state index < -0.39 is 3.79 Å². The number of unbranched alkanes of at least 4 members (excludes halogenated alkanes) is 5. The van der Waals surface area contributed by atoms with E-state index in [-0.39, 0.29) is 5.25 Å². The highest BCUT2D eigenvalue weighted by atomic mass is 35.6. The number of rotatable bonds is 13. The van der Waals surface area contributed by atoms with Crippen LogP contribution in [-0.4, -0.2) is 14.3 Å². The molecule has 2 atom stereocenters. The average molecular weight is 408 g/mol. The SMILES string of the molecule is CCCCCCC(CCCCC)[C@@H](SSC(C)C)C(Cl)(Cl)Cl. The zero-order chi connectivity index (χ0) is 17.0. The first-order valence-electron chi connectivity index (χ1n) is 8.71. The van der Waals surface area contributed by atoms with Crippen molar-refractivity contribution in [3.63, 3.8) is 0 Å². The van der Waals surface area contributed by atoms with Crippen LogP contribution in [0.15, 0.2) is 0 Å². The molecule has 0 aliphatic rings. The van der Waals surface area contributed by atoms with Crippen molar-refractivity contribution >= 4 is 56.4 Å². The molecule has 134 valence electrons. The van der Waals surface area contributed by atoms with E-state index in [1.807, 2.05) is 10.8 Å². The van der Waals surface area contributed by atoms with Gasteiger partial charge in [-0.2, -0.15) is 0 Å². The summed E-state index contributed by atoms with van der Waals surface area (Å²) in [6.45, 7) is 8.88. The lowest BCUT2D eigenvalue weighted by Crippen LogP contribution is -2.30. The van der Waals surface area contributed by atoms with Gasteiger partial charge in [0.25, 0.3) is 0 Å². The first kappa shape index (κ1) is 23.6. The number of alkyl halides is 3. The molecule has 22 heavy (non-hydrogen) atoms. The van der Waals surface area contributed by atoms with Gasteiger partial charge in [-0.3, -0.25) is 0 Å². The average Bonchev–Trinajstić information content (AvgIpc) is 2.41. The van der Waals surface area contributed by atoms with Crippen LogP contribution in [0.1, 0.15) is 85.5 Å². The van der Waals surface area contributed by atoms with Crippen LogP contribution in [-0.2, 0) is 0 Å². The molecule has 0 heterocycles. The third-order valence-electron chi connectivity index (χ3n) is 3.71. The molecule has 0 spiro atoms. The van der Waals surface area contributed by atoms with Gasteiger partial charge in [0.2, 0.25) is 3.79 Å². The smallest absolute Gasteiger partial charge is 0.0909 e. The molecule has 0 aliphatic heterocycles. The maximum absolute atomic E-state index is 6.33. The van der Waals surface area contributed by atoms with Crippen LogP contribution in [0.5, 0.6) is 0 Å². The minimum absolute atomic E-state index is 0.0865. The molecule has 0 nitrogen and oxygen atoms in total. The first-order chi connectivity index (χ1) is 10.3. The van der Waals surface area contributed by atoms with Crippen molar-refractivity contribution in [3.05, 3.63) is 0 Å². The normalized spacial score (nSPS) is 15.3. The molecule has 0 aromatic rings. The molecular formula is C17H33Cl3S2. The molecule has 1 unspecified atom stereocenters. The van der Waals surface area contributed by atoms with Crippen LogP contribution in [0.25, 0.3) is 0 Å². The van der Waals surface area contributed by atoms with Gasteiger partial charge in [0.15, 0.2) is 0 Å². The molecule has 0 aliphatic carbocycles. The number of hydrogen-bond acceptors (Lipinski definition) is 2. The molecule has 0 N–H and O–H groups in total. The molecule has 0 amide bonds. The van der Waals surface area contributed by atoms with Crippen molar-refractivity contribution in [2.75, 3.05) is 0 Å². The van der Waals surface area contributed by atoms with Crippen LogP contribution in [0.3, 0.4) is 0 Å². The van der Waals surface area contributed by atoms with Crippen LogP contribution < -0.4 is 0 Å². The highest BCUT2D eigenvalue weighted by Crippen LogP contribution is 2.49. The van der Waals surface area contributed by atoms with Crippen LogP contribution >= 0.6 is 56.4 Å². The second-order valence-corrected chi connectivity index (χ2v) is 11.7. The minimum atomic E-state index is -1.17. The second-order valence-electron chi connectivity index (χ2n) is 6.31. The summed E-state index contributed by atoms with van der Waals surface area (Å²) < 4.78 is -1.17. The third kappa shape index (κ3) is 12.0. The van der Waals surface area contributed by atoms with Gasteiger partial charge in [-0.1, -0.05) is 129 Å². The van der Waals surface area contributed by atoms with E-state index >= 15 is 0 Å². The maximum Gasteiger partial charge on any atom is 0.203 e. The lowest BCUT2D eigenvalue weighted by atomic mass is 9.92. The van der Waals surface area contributed by atoms with Crippen molar-refractivity contribution in [1.82, 2.24) is 0 Å². The van der Waals surface area contributed by atoms with Crippen LogP contribution in [0.4, 0.5) is 0 Å². The number of halogens is 3. The highest BCUT2D eigenvalue weighted by Gasteiger charge is 2.39. The molecule has 0 bridgehead atoms. The monoisotopic (exact) mass is 406 g/mol. The van der Waals surface area contributed by atoms with E-state index in [4.69, 9.17) is 34.8 Å². The second kappa shape index (κ2) is 13.8. The fourth-order valence-corrected chi connectivity index (χ4v) is 6.73. The van der Waals surface area contributed by atoms with Crippen molar-refractivity contribution in [3.8, 4) is 0 Å². The lowest BCUT2D eigenvalue weighted by Gasteiger charge is -2.32. The van der Waals surface area contributed by atoms with Crippen molar-refractivity contribution in [2.45, 2.75) is 99.8 Å². The van der Waals surface area contributed by atoms with E-state index in [1.165, 1.54) is 57.8 Å². The quantitative estimate of drug-likeness (QED) is 0.170. The molecule has 0 fully saturated rings. The summed E-state index contributed by atoms with van der Waals surface area (Å²) >= 11 is 19.0. The molecule has 0 aromatic carbocycles. The van der Waals surface area contributed by atoms with Gasteiger partial charge in [0, 0.05) is 5.25 Å². The third-order valence-corrected chi connectivity index (χ3v) is 8.35. The molecule has 0 saturated carbocycles. The molecule has 0 radical (unpaired) electrons.